The average Bonchev–Trinajstić information content (AvgIpc) is 2.87. The molecular weight excluding hydrogens is 240 g/mol. The van der Waals surface area contributed by atoms with Crippen LogP contribution in [0, 0.1) is 11.8 Å². The molecule has 1 saturated carbocycles. The second kappa shape index (κ2) is 6.57. The number of hydrogen-bond acceptors (Lipinski definition) is 3. The van der Waals surface area contributed by atoms with Crippen LogP contribution < -0.4 is 5.32 Å². The number of nitrogens with zero attached hydrogens (tertiary/aromatic N) is 1. The van der Waals surface area contributed by atoms with E-state index in [2.05, 4.69) is 5.32 Å². The Labute approximate surface area is 109 Å². The topological polar surface area (TPSA) is 41.6 Å². The van der Waals surface area contributed by atoms with Crippen molar-refractivity contribution < 1.29 is 9.53 Å². The molecule has 1 N–H and O–H groups in total. The predicted octanol–water partition coefficient (Wildman–Crippen LogP) is 0.901. The van der Waals surface area contributed by atoms with E-state index in [1.165, 1.54) is 0 Å². The molecule has 4 nitrogen and oxygen atoms in total. The fourth-order valence-electron chi connectivity index (χ4n) is 2.55. The quantitative estimate of drug-likeness (QED) is 0.801. The first-order valence-electron chi connectivity index (χ1n) is 6.31. The van der Waals surface area contributed by atoms with E-state index in [0.717, 1.165) is 39.1 Å². The summed E-state index contributed by atoms with van der Waals surface area (Å²) >= 11 is 0. The molecule has 5 heteroatoms. The molecule has 1 saturated heterocycles. The predicted molar refractivity (Wildman–Crippen MR) is 69.4 cm³/mol. The van der Waals surface area contributed by atoms with Gasteiger partial charge >= 0.3 is 0 Å². The van der Waals surface area contributed by atoms with Crippen molar-refractivity contribution in [2.24, 2.45) is 11.8 Å². The molecule has 1 aliphatic heterocycles. The standard InChI is InChI=1S/C12H22N2O2.ClH/c1-3-16-11-6-10(11)12(15)14-5-4-9(8-14)7-13-2;/h9-11,13H,3-8H2,1-2H3;1H. The molecule has 1 amide bonds. The van der Waals surface area contributed by atoms with Crippen LogP contribution in [-0.2, 0) is 9.53 Å². The fraction of sp³-hybridized carbons (Fsp3) is 0.917. The van der Waals surface area contributed by atoms with Gasteiger partial charge in [0.25, 0.3) is 0 Å². The van der Waals surface area contributed by atoms with E-state index in [0.29, 0.717) is 11.8 Å². The van der Waals surface area contributed by atoms with Crippen LogP contribution in [0.3, 0.4) is 0 Å². The molecule has 0 aromatic carbocycles. The van der Waals surface area contributed by atoms with E-state index in [-0.39, 0.29) is 24.4 Å². The Morgan fingerprint density at radius 1 is 1.53 bits per heavy atom. The SMILES string of the molecule is CCOC1CC1C(=O)N1CCC(CNC)C1.Cl. The van der Waals surface area contributed by atoms with Crippen LogP contribution in [0.2, 0.25) is 0 Å². The summed E-state index contributed by atoms with van der Waals surface area (Å²) in [7, 11) is 1.97. The molecule has 2 fully saturated rings. The smallest absolute Gasteiger partial charge is 0.228 e. The highest BCUT2D eigenvalue weighted by atomic mass is 35.5. The Balaban J connectivity index is 0.00000144. The number of carbonyl (C=O) groups is 1. The van der Waals surface area contributed by atoms with Gasteiger partial charge in [0.1, 0.15) is 0 Å². The number of halogens is 1. The lowest BCUT2D eigenvalue weighted by Gasteiger charge is -2.16. The largest absolute Gasteiger partial charge is 0.378 e. The Kier molecular flexibility index (Phi) is 5.70. The van der Waals surface area contributed by atoms with Crippen molar-refractivity contribution in [2.45, 2.75) is 25.9 Å². The Morgan fingerprint density at radius 2 is 2.29 bits per heavy atom. The minimum Gasteiger partial charge on any atom is -0.378 e. The van der Waals surface area contributed by atoms with Gasteiger partial charge in [-0.1, -0.05) is 0 Å². The number of hydrogen-bond donors (Lipinski definition) is 1. The summed E-state index contributed by atoms with van der Waals surface area (Å²) in [4.78, 5) is 14.1. The molecule has 17 heavy (non-hydrogen) atoms. The first kappa shape index (κ1) is 14.7. The first-order valence-corrected chi connectivity index (χ1v) is 6.31. The van der Waals surface area contributed by atoms with Gasteiger partial charge in [-0.25, -0.2) is 0 Å². The van der Waals surface area contributed by atoms with Crippen LogP contribution in [0.25, 0.3) is 0 Å². The van der Waals surface area contributed by atoms with Crippen LogP contribution in [0.15, 0.2) is 0 Å². The lowest BCUT2D eigenvalue weighted by molar-refractivity contribution is -0.132. The lowest BCUT2D eigenvalue weighted by atomic mass is 10.1. The summed E-state index contributed by atoms with van der Waals surface area (Å²) in [6, 6.07) is 0. The lowest BCUT2D eigenvalue weighted by Crippen LogP contribution is -2.32. The summed E-state index contributed by atoms with van der Waals surface area (Å²) in [5, 5.41) is 3.18. The summed E-state index contributed by atoms with van der Waals surface area (Å²) in [6.07, 6.45) is 2.28. The van der Waals surface area contributed by atoms with E-state index in [1.54, 1.807) is 0 Å². The highest BCUT2D eigenvalue weighted by Crippen LogP contribution is 2.36. The molecular formula is C12H23ClN2O2. The molecule has 0 radical (unpaired) electrons. The van der Waals surface area contributed by atoms with E-state index in [1.807, 2.05) is 18.9 Å². The third kappa shape index (κ3) is 3.57. The number of ether oxygens (including phenoxy) is 1. The normalized spacial score (nSPS) is 31.2. The van der Waals surface area contributed by atoms with Gasteiger partial charge in [0.05, 0.1) is 12.0 Å². The summed E-state index contributed by atoms with van der Waals surface area (Å²) in [5.74, 6) is 1.11. The molecule has 100 valence electrons. The van der Waals surface area contributed by atoms with Crippen LogP contribution >= 0.6 is 12.4 Å². The van der Waals surface area contributed by atoms with Crippen molar-refractivity contribution in [3.63, 3.8) is 0 Å². The molecule has 2 aliphatic rings. The van der Waals surface area contributed by atoms with Crippen molar-refractivity contribution >= 4 is 18.3 Å². The van der Waals surface area contributed by atoms with Gasteiger partial charge in [0, 0.05) is 19.7 Å². The van der Waals surface area contributed by atoms with Crippen LogP contribution in [0.4, 0.5) is 0 Å². The van der Waals surface area contributed by atoms with E-state index < -0.39 is 0 Å². The molecule has 2 rings (SSSR count). The third-order valence-corrected chi connectivity index (χ3v) is 3.52. The maximum Gasteiger partial charge on any atom is 0.228 e. The number of nitrogens with one attached hydrogen (secondary N) is 1. The second-order valence-electron chi connectivity index (χ2n) is 4.83. The third-order valence-electron chi connectivity index (χ3n) is 3.52. The maximum atomic E-state index is 12.1. The number of likely N-dealkylation sites (tertiary alicyclic amines) is 1. The van der Waals surface area contributed by atoms with E-state index >= 15 is 0 Å². The Morgan fingerprint density at radius 3 is 2.94 bits per heavy atom. The molecule has 0 aromatic rings. The minimum atomic E-state index is 0. The van der Waals surface area contributed by atoms with Gasteiger partial charge in [0.2, 0.25) is 5.91 Å². The molecule has 0 aromatic heterocycles. The highest BCUT2D eigenvalue weighted by molar-refractivity contribution is 5.85. The summed E-state index contributed by atoms with van der Waals surface area (Å²) < 4.78 is 5.46. The van der Waals surface area contributed by atoms with Gasteiger partial charge in [0.15, 0.2) is 0 Å². The maximum absolute atomic E-state index is 12.1. The van der Waals surface area contributed by atoms with E-state index in [4.69, 9.17) is 4.74 Å². The monoisotopic (exact) mass is 262 g/mol. The van der Waals surface area contributed by atoms with Crippen LogP contribution in [0.1, 0.15) is 19.8 Å². The van der Waals surface area contributed by atoms with Crippen molar-refractivity contribution in [1.82, 2.24) is 10.2 Å². The van der Waals surface area contributed by atoms with Crippen molar-refractivity contribution in [3.05, 3.63) is 0 Å². The summed E-state index contributed by atoms with van der Waals surface area (Å²) in [5.41, 5.74) is 0. The summed E-state index contributed by atoms with van der Waals surface area (Å²) in [6.45, 7) is 5.58. The van der Waals surface area contributed by atoms with Gasteiger partial charge < -0.3 is 15.0 Å². The Bertz CT molecular complexity index is 263. The molecule has 0 bridgehead atoms. The average molecular weight is 263 g/mol. The van der Waals surface area contributed by atoms with Gasteiger partial charge in [-0.2, -0.15) is 0 Å². The molecule has 3 unspecified atom stereocenters. The van der Waals surface area contributed by atoms with Crippen LogP contribution in [0.5, 0.6) is 0 Å². The zero-order valence-corrected chi connectivity index (χ0v) is 11.5. The van der Waals surface area contributed by atoms with Crippen molar-refractivity contribution in [1.29, 1.82) is 0 Å². The Hall–Kier alpha value is -0.320. The van der Waals surface area contributed by atoms with Crippen molar-refractivity contribution in [2.75, 3.05) is 33.3 Å². The van der Waals surface area contributed by atoms with E-state index in [9.17, 15) is 4.79 Å². The minimum absolute atomic E-state index is 0. The zero-order chi connectivity index (χ0) is 11.5. The first-order chi connectivity index (χ1) is 7.76. The van der Waals surface area contributed by atoms with Gasteiger partial charge in [-0.15, -0.1) is 12.4 Å². The molecule has 1 aliphatic carbocycles. The van der Waals surface area contributed by atoms with Gasteiger partial charge in [-0.3, -0.25) is 4.79 Å². The molecule has 3 atom stereocenters. The molecule has 0 spiro atoms. The number of amides is 1. The number of carbonyl (C=O) groups excluding carboxylic acids is 1. The highest BCUT2D eigenvalue weighted by Gasteiger charge is 2.46. The van der Waals surface area contributed by atoms with Gasteiger partial charge in [-0.05, 0) is 39.3 Å². The second-order valence-corrected chi connectivity index (χ2v) is 4.83. The molecule has 1 heterocycles. The van der Waals surface area contributed by atoms with Crippen molar-refractivity contribution in [3.8, 4) is 0 Å². The van der Waals surface area contributed by atoms with Crippen LogP contribution in [-0.4, -0.2) is 50.2 Å². The fourth-order valence-corrected chi connectivity index (χ4v) is 2.55. The number of rotatable bonds is 5. The zero-order valence-electron chi connectivity index (χ0n) is 10.6.